The normalized spacial score (nSPS) is 10.2. The zero-order valence-electron chi connectivity index (χ0n) is 13.2. The third kappa shape index (κ3) is 4.56. The number of amides is 2. The van der Waals surface area contributed by atoms with Crippen LogP contribution < -0.4 is 10.6 Å². The summed E-state index contributed by atoms with van der Waals surface area (Å²) in [6, 6.07) is 11.2. The predicted molar refractivity (Wildman–Crippen MR) is 93.0 cm³/mol. The molecule has 6 heteroatoms. The van der Waals surface area contributed by atoms with Crippen molar-refractivity contribution in [2.75, 3.05) is 18.5 Å². The number of urea groups is 1. The molecule has 1 aromatic carbocycles. The van der Waals surface area contributed by atoms with E-state index in [2.05, 4.69) is 10.6 Å². The second-order valence-electron chi connectivity index (χ2n) is 4.82. The Bertz CT molecular complexity index is 668. The number of carbonyl (C=O) groups excluding carboxylic acids is 2. The van der Waals surface area contributed by atoms with Gasteiger partial charge in [-0.1, -0.05) is 37.3 Å². The molecule has 2 rings (SSSR count). The Hall–Kier alpha value is -2.34. The first-order valence-electron chi connectivity index (χ1n) is 7.57. The largest absolute Gasteiger partial charge is 0.462 e. The SMILES string of the molecule is CCCNC(=O)Nc1cc(-c2ccccc2)sc1C(=O)OCC. The summed E-state index contributed by atoms with van der Waals surface area (Å²) < 4.78 is 5.08. The van der Waals surface area contributed by atoms with E-state index in [1.165, 1.54) is 11.3 Å². The fourth-order valence-corrected chi connectivity index (χ4v) is 2.99. The number of nitrogens with one attached hydrogen (secondary N) is 2. The highest BCUT2D eigenvalue weighted by atomic mass is 32.1. The maximum absolute atomic E-state index is 12.1. The van der Waals surface area contributed by atoms with Crippen LogP contribution in [0.1, 0.15) is 29.9 Å². The van der Waals surface area contributed by atoms with E-state index < -0.39 is 5.97 Å². The molecule has 23 heavy (non-hydrogen) atoms. The van der Waals surface area contributed by atoms with Crippen LogP contribution >= 0.6 is 11.3 Å². The van der Waals surface area contributed by atoms with Crippen LogP contribution in [0.2, 0.25) is 0 Å². The minimum absolute atomic E-state index is 0.291. The van der Waals surface area contributed by atoms with Gasteiger partial charge in [-0.25, -0.2) is 9.59 Å². The molecule has 0 saturated carbocycles. The summed E-state index contributed by atoms with van der Waals surface area (Å²) >= 11 is 1.31. The Labute approximate surface area is 139 Å². The van der Waals surface area contributed by atoms with E-state index in [0.29, 0.717) is 23.7 Å². The summed E-state index contributed by atoms with van der Waals surface area (Å²) in [5.41, 5.74) is 1.46. The van der Waals surface area contributed by atoms with Crippen molar-refractivity contribution in [1.29, 1.82) is 0 Å². The molecule has 1 heterocycles. The van der Waals surface area contributed by atoms with Gasteiger partial charge in [-0.2, -0.15) is 0 Å². The lowest BCUT2D eigenvalue weighted by Crippen LogP contribution is -2.29. The molecule has 1 aromatic heterocycles. The number of benzene rings is 1. The maximum Gasteiger partial charge on any atom is 0.350 e. The average Bonchev–Trinajstić information content (AvgIpc) is 2.98. The first kappa shape index (κ1) is 17.0. The van der Waals surface area contributed by atoms with Crippen molar-refractivity contribution in [2.45, 2.75) is 20.3 Å². The van der Waals surface area contributed by atoms with Gasteiger partial charge in [-0.15, -0.1) is 11.3 Å². The lowest BCUT2D eigenvalue weighted by atomic mass is 10.2. The topological polar surface area (TPSA) is 67.4 Å². The Morgan fingerprint density at radius 2 is 1.91 bits per heavy atom. The van der Waals surface area contributed by atoms with Crippen LogP contribution in [-0.4, -0.2) is 25.2 Å². The van der Waals surface area contributed by atoms with E-state index in [0.717, 1.165) is 16.9 Å². The smallest absolute Gasteiger partial charge is 0.350 e. The van der Waals surface area contributed by atoms with E-state index in [1.807, 2.05) is 37.3 Å². The number of hydrogen-bond donors (Lipinski definition) is 2. The molecule has 0 radical (unpaired) electrons. The summed E-state index contributed by atoms with van der Waals surface area (Å²) in [6.07, 6.45) is 0.844. The van der Waals surface area contributed by atoms with Gasteiger partial charge in [0.2, 0.25) is 0 Å². The first-order chi connectivity index (χ1) is 11.2. The molecule has 2 N–H and O–H groups in total. The van der Waals surface area contributed by atoms with Gasteiger partial charge in [-0.3, -0.25) is 0 Å². The van der Waals surface area contributed by atoms with Crippen LogP contribution in [0, 0.1) is 0 Å². The van der Waals surface area contributed by atoms with Crippen LogP contribution in [0.4, 0.5) is 10.5 Å². The van der Waals surface area contributed by atoms with Crippen LogP contribution in [0.3, 0.4) is 0 Å². The standard InChI is InChI=1S/C17H20N2O3S/c1-3-10-18-17(21)19-13-11-14(12-8-6-5-7-9-12)23-15(13)16(20)22-4-2/h5-9,11H,3-4,10H2,1-2H3,(H2,18,19,21). The van der Waals surface area contributed by atoms with Gasteiger partial charge >= 0.3 is 12.0 Å². The molecular weight excluding hydrogens is 312 g/mol. The molecular formula is C17H20N2O3S. The number of thiophene rings is 1. The lowest BCUT2D eigenvalue weighted by Gasteiger charge is -2.07. The Kier molecular flexibility index (Phi) is 6.17. The average molecular weight is 332 g/mol. The molecule has 0 saturated heterocycles. The number of rotatable bonds is 6. The minimum Gasteiger partial charge on any atom is -0.462 e. The molecule has 0 unspecified atom stereocenters. The van der Waals surface area contributed by atoms with E-state index in [1.54, 1.807) is 13.0 Å². The van der Waals surface area contributed by atoms with Crippen LogP contribution in [0.25, 0.3) is 10.4 Å². The summed E-state index contributed by atoms with van der Waals surface area (Å²) in [7, 11) is 0. The van der Waals surface area contributed by atoms with E-state index in [4.69, 9.17) is 4.74 Å². The fraction of sp³-hybridized carbons (Fsp3) is 0.294. The number of ether oxygens (including phenoxy) is 1. The molecule has 0 fully saturated rings. The van der Waals surface area contributed by atoms with Gasteiger partial charge in [0.15, 0.2) is 0 Å². The maximum atomic E-state index is 12.1. The third-order valence-corrected chi connectivity index (χ3v) is 4.20. The van der Waals surface area contributed by atoms with Gasteiger partial charge in [0.25, 0.3) is 0 Å². The Morgan fingerprint density at radius 3 is 2.57 bits per heavy atom. The molecule has 0 aliphatic rings. The zero-order chi connectivity index (χ0) is 16.7. The Morgan fingerprint density at radius 1 is 1.17 bits per heavy atom. The minimum atomic E-state index is -0.425. The molecule has 0 bridgehead atoms. The van der Waals surface area contributed by atoms with Crippen LogP contribution in [0.15, 0.2) is 36.4 Å². The molecule has 0 atom stereocenters. The summed E-state index contributed by atoms with van der Waals surface area (Å²) in [4.78, 5) is 25.3. The second kappa shape index (κ2) is 8.33. The summed E-state index contributed by atoms with van der Waals surface area (Å²) in [5, 5.41) is 5.46. The molecule has 2 aromatic rings. The van der Waals surface area contributed by atoms with E-state index in [9.17, 15) is 9.59 Å². The van der Waals surface area contributed by atoms with Crippen molar-refractivity contribution >= 4 is 29.0 Å². The molecule has 0 aliphatic heterocycles. The molecule has 0 aliphatic carbocycles. The van der Waals surface area contributed by atoms with Gasteiger partial charge < -0.3 is 15.4 Å². The van der Waals surface area contributed by atoms with Gasteiger partial charge in [0.1, 0.15) is 4.88 Å². The number of esters is 1. The van der Waals surface area contributed by atoms with Crippen molar-refractivity contribution in [1.82, 2.24) is 5.32 Å². The summed E-state index contributed by atoms with van der Waals surface area (Å²) in [5.74, 6) is -0.425. The molecule has 5 nitrogen and oxygen atoms in total. The third-order valence-electron chi connectivity index (χ3n) is 3.03. The molecule has 2 amide bonds. The van der Waals surface area contributed by atoms with E-state index >= 15 is 0 Å². The number of carbonyl (C=O) groups is 2. The fourth-order valence-electron chi connectivity index (χ4n) is 1.98. The van der Waals surface area contributed by atoms with Gasteiger partial charge in [0, 0.05) is 11.4 Å². The monoisotopic (exact) mass is 332 g/mol. The Balaban J connectivity index is 2.29. The van der Waals surface area contributed by atoms with Crippen LogP contribution in [0.5, 0.6) is 0 Å². The predicted octanol–water partition coefficient (Wildman–Crippen LogP) is 4.12. The quantitative estimate of drug-likeness (QED) is 0.782. The highest BCUT2D eigenvalue weighted by molar-refractivity contribution is 7.18. The van der Waals surface area contributed by atoms with Crippen molar-refractivity contribution in [3.05, 3.63) is 41.3 Å². The first-order valence-corrected chi connectivity index (χ1v) is 8.38. The van der Waals surface area contributed by atoms with Gasteiger partial charge in [-0.05, 0) is 25.0 Å². The highest BCUT2D eigenvalue weighted by Gasteiger charge is 2.19. The number of anilines is 1. The molecule has 122 valence electrons. The second-order valence-corrected chi connectivity index (χ2v) is 5.87. The zero-order valence-corrected chi connectivity index (χ0v) is 14.0. The van der Waals surface area contributed by atoms with Crippen molar-refractivity contribution in [3.63, 3.8) is 0 Å². The number of hydrogen-bond acceptors (Lipinski definition) is 4. The summed E-state index contributed by atoms with van der Waals surface area (Å²) in [6.45, 7) is 4.60. The van der Waals surface area contributed by atoms with E-state index in [-0.39, 0.29) is 6.03 Å². The highest BCUT2D eigenvalue weighted by Crippen LogP contribution is 2.35. The van der Waals surface area contributed by atoms with Crippen molar-refractivity contribution in [3.8, 4) is 10.4 Å². The van der Waals surface area contributed by atoms with Crippen molar-refractivity contribution < 1.29 is 14.3 Å². The lowest BCUT2D eigenvalue weighted by molar-refractivity contribution is 0.0533. The van der Waals surface area contributed by atoms with Gasteiger partial charge in [0.05, 0.1) is 12.3 Å². The molecule has 0 spiro atoms. The van der Waals surface area contributed by atoms with Crippen LogP contribution in [-0.2, 0) is 4.74 Å². The van der Waals surface area contributed by atoms with Crippen molar-refractivity contribution in [2.24, 2.45) is 0 Å².